The molecule has 0 N–H and O–H groups in total. The summed E-state index contributed by atoms with van der Waals surface area (Å²) in [6.45, 7) is 4.90. The summed E-state index contributed by atoms with van der Waals surface area (Å²) in [5, 5.41) is 9.42. The summed E-state index contributed by atoms with van der Waals surface area (Å²) < 4.78 is 5.57. The summed E-state index contributed by atoms with van der Waals surface area (Å²) in [5.74, 6) is 0.890. The number of likely N-dealkylation sites (tertiary alicyclic amines) is 1. The third kappa shape index (κ3) is 3.71. The van der Waals surface area contributed by atoms with Crippen LogP contribution in [0.4, 0.5) is 0 Å². The van der Waals surface area contributed by atoms with E-state index in [0.717, 1.165) is 37.4 Å². The number of hydrogen-bond donors (Lipinski definition) is 0. The van der Waals surface area contributed by atoms with Gasteiger partial charge in [0.15, 0.2) is 0 Å². The minimum absolute atomic E-state index is 0.111. The van der Waals surface area contributed by atoms with Gasteiger partial charge in [0.05, 0.1) is 12.7 Å². The Morgan fingerprint density at radius 2 is 1.89 bits per heavy atom. The number of piperidine rings is 1. The number of benzene rings is 1. The first-order valence-electron chi connectivity index (χ1n) is 7.21. The third-order valence-electron chi connectivity index (χ3n) is 3.55. The quantitative estimate of drug-likeness (QED) is 0.810. The van der Waals surface area contributed by atoms with Crippen molar-refractivity contribution in [3.05, 3.63) is 29.8 Å². The fraction of sp³-hybridized carbons (Fsp3) is 0.562. The number of nitriles is 1. The van der Waals surface area contributed by atoms with Crippen molar-refractivity contribution in [1.29, 1.82) is 5.26 Å². The van der Waals surface area contributed by atoms with Gasteiger partial charge in [-0.15, -0.1) is 0 Å². The Labute approximate surface area is 115 Å². The standard InChI is InChI=1S/C16H22N2O/c1-2-12-19-15-8-6-14(7-9-15)16(13-17)18-10-4-3-5-11-18/h6-9,16H,2-5,10-12H2,1H3. The Balaban J connectivity index is 2.04. The molecule has 3 heteroatoms. The van der Waals surface area contributed by atoms with Crippen LogP contribution < -0.4 is 4.74 Å². The highest BCUT2D eigenvalue weighted by atomic mass is 16.5. The Hall–Kier alpha value is -1.53. The average molecular weight is 258 g/mol. The lowest BCUT2D eigenvalue weighted by Crippen LogP contribution is -2.33. The van der Waals surface area contributed by atoms with Crippen molar-refractivity contribution in [2.45, 2.75) is 38.6 Å². The predicted molar refractivity (Wildman–Crippen MR) is 76.0 cm³/mol. The van der Waals surface area contributed by atoms with Crippen molar-refractivity contribution in [3.8, 4) is 11.8 Å². The molecule has 19 heavy (non-hydrogen) atoms. The number of hydrogen-bond acceptors (Lipinski definition) is 3. The van der Waals surface area contributed by atoms with E-state index in [2.05, 4.69) is 17.9 Å². The maximum Gasteiger partial charge on any atom is 0.123 e. The summed E-state index contributed by atoms with van der Waals surface area (Å²) in [4.78, 5) is 2.28. The molecule has 1 saturated heterocycles. The summed E-state index contributed by atoms with van der Waals surface area (Å²) in [6, 6.07) is 10.3. The van der Waals surface area contributed by atoms with Gasteiger partial charge in [0.2, 0.25) is 0 Å². The largest absolute Gasteiger partial charge is 0.494 e. The van der Waals surface area contributed by atoms with Crippen LogP contribution >= 0.6 is 0 Å². The van der Waals surface area contributed by atoms with Crippen LogP contribution in [0.1, 0.15) is 44.2 Å². The van der Waals surface area contributed by atoms with Crippen LogP contribution in [0.15, 0.2) is 24.3 Å². The van der Waals surface area contributed by atoms with Gasteiger partial charge in [0, 0.05) is 0 Å². The van der Waals surface area contributed by atoms with Gasteiger partial charge in [-0.2, -0.15) is 5.26 Å². The molecular weight excluding hydrogens is 236 g/mol. The highest BCUT2D eigenvalue weighted by molar-refractivity contribution is 5.31. The van der Waals surface area contributed by atoms with Crippen molar-refractivity contribution in [3.63, 3.8) is 0 Å². The molecule has 3 nitrogen and oxygen atoms in total. The molecule has 0 bridgehead atoms. The normalized spacial score (nSPS) is 17.7. The molecule has 0 aromatic heterocycles. The average Bonchev–Trinajstić information content (AvgIpc) is 2.48. The molecule has 2 rings (SSSR count). The van der Waals surface area contributed by atoms with Gasteiger partial charge in [0.25, 0.3) is 0 Å². The number of rotatable bonds is 5. The maximum absolute atomic E-state index is 9.42. The summed E-state index contributed by atoms with van der Waals surface area (Å²) in [6.07, 6.45) is 4.71. The molecule has 0 aliphatic carbocycles. The summed E-state index contributed by atoms with van der Waals surface area (Å²) in [7, 11) is 0. The first kappa shape index (κ1) is 13.9. The molecule has 0 radical (unpaired) electrons. The van der Waals surface area contributed by atoms with Crippen molar-refractivity contribution < 1.29 is 4.74 Å². The van der Waals surface area contributed by atoms with Gasteiger partial charge in [-0.3, -0.25) is 4.90 Å². The molecule has 0 amide bonds. The second-order valence-corrected chi connectivity index (χ2v) is 5.05. The van der Waals surface area contributed by atoms with E-state index in [1.165, 1.54) is 19.3 Å². The van der Waals surface area contributed by atoms with E-state index >= 15 is 0 Å². The van der Waals surface area contributed by atoms with Crippen LogP contribution in [-0.4, -0.2) is 24.6 Å². The molecule has 1 aliphatic rings. The van der Waals surface area contributed by atoms with E-state index in [9.17, 15) is 5.26 Å². The van der Waals surface area contributed by atoms with Crippen molar-refractivity contribution >= 4 is 0 Å². The van der Waals surface area contributed by atoms with Crippen LogP contribution in [0.5, 0.6) is 5.75 Å². The van der Waals surface area contributed by atoms with E-state index in [4.69, 9.17) is 4.74 Å². The Kier molecular flexibility index (Phi) is 5.23. The molecule has 1 aliphatic heterocycles. The molecule has 1 unspecified atom stereocenters. The monoisotopic (exact) mass is 258 g/mol. The Morgan fingerprint density at radius 3 is 2.47 bits per heavy atom. The van der Waals surface area contributed by atoms with Crippen LogP contribution in [-0.2, 0) is 0 Å². The minimum atomic E-state index is -0.111. The SMILES string of the molecule is CCCOc1ccc(C(C#N)N2CCCCC2)cc1. The molecule has 1 fully saturated rings. The van der Waals surface area contributed by atoms with Crippen LogP contribution in [0.25, 0.3) is 0 Å². The smallest absolute Gasteiger partial charge is 0.123 e. The van der Waals surface area contributed by atoms with E-state index < -0.39 is 0 Å². The maximum atomic E-state index is 9.42. The van der Waals surface area contributed by atoms with Crippen LogP contribution in [0.3, 0.4) is 0 Å². The molecule has 0 spiro atoms. The van der Waals surface area contributed by atoms with Gasteiger partial charge < -0.3 is 4.74 Å². The summed E-state index contributed by atoms with van der Waals surface area (Å²) >= 11 is 0. The predicted octanol–water partition coefficient (Wildman–Crippen LogP) is 3.53. The molecular formula is C16H22N2O. The fourth-order valence-electron chi connectivity index (χ4n) is 2.51. The lowest BCUT2D eigenvalue weighted by atomic mass is 10.0. The van der Waals surface area contributed by atoms with Crippen molar-refractivity contribution in [2.75, 3.05) is 19.7 Å². The van der Waals surface area contributed by atoms with Crippen molar-refractivity contribution in [1.82, 2.24) is 4.90 Å². The lowest BCUT2D eigenvalue weighted by molar-refractivity contribution is 0.196. The van der Waals surface area contributed by atoms with Gasteiger partial charge in [-0.1, -0.05) is 25.5 Å². The van der Waals surface area contributed by atoms with E-state index in [-0.39, 0.29) is 6.04 Å². The Bertz CT molecular complexity index is 415. The second-order valence-electron chi connectivity index (χ2n) is 5.05. The minimum Gasteiger partial charge on any atom is -0.494 e. The number of ether oxygens (including phenoxy) is 1. The molecule has 1 aromatic carbocycles. The van der Waals surface area contributed by atoms with E-state index in [0.29, 0.717) is 0 Å². The highest BCUT2D eigenvalue weighted by Crippen LogP contribution is 2.25. The van der Waals surface area contributed by atoms with Gasteiger partial charge in [0.1, 0.15) is 11.8 Å². The van der Waals surface area contributed by atoms with Gasteiger partial charge >= 0.3 is 0 Å². The van der Waals surface area contributed by atoms with Gasteiger partial charge in [-0.25, -0.2) is 0 Å². The van der Waals surface area contributed by atoms with Crippen LogP contribution in [0, 0.1) is 11.3 Å². The number of nitrogens with zero attached hydrogens (tertiary/aromatic N) is 2. The Morgan fingerprint density at radius 1 is 1.21 bits per heavy atom. The lowest BCUT2D eigenvalue weighted by Gasteiger charge is -2.30. The molecule has 1 heterocycles. The zero-order valence-corrected chi connectivity index (χ0v) is 11.6. The first-order chi connectivity index (χ1) is 9.35. The van der Waals surface area contributed by atoms with Crippen molar-refractivity contribution in [2.24, 2.45) is 0 Å². The molecule has 1 atom stereocenters. The van der Waals surface area contributed by atoms with E-state index in [1.807, 2.05) is 24.3 Å². The van der Waals surface area contributed by atoms with E-state index in [1.54, 1.807) is 0 Å². The zero-order valence-electron chi connectivity index (χ0n) is 11.6. The first-order valence-corrected chi connectivity index (χ1v) is 7.21. The summed E-state index contributed by atoms with van der Waals surface area (Å²) in [5.41, 5.74) is 1.08. The fourth-order valence-corrected chi connectivity index (χ4v) is 2.51. The topological polar surface area (TPSA) is 36.3 Å². The van der Waals surface area contributed by atoms with Crippen LogP contribution in [0.2, 0.25) is 0 Å². The van der Waals surface area contributed by atoms with Gasteiger partial charge in [-0.05, 0) is 50.0 Å². The highest BCUT2D eigenvalue weighted by Gasteiger charge is 2.21. The second kappa shape index (κ2) is 7.16. The molecule has 0 saturated carbocycles. The molecule has 1 aromatic rings. The molecule has 102 valence electrons. The third-order valence-corrected chi connectivity index (χ3v) is 3.55. The zero-order chi connectivity index (χ0) is 13.5.